The van der Waals surface area contributed by atoms with Gasteiger partial charge in [0.15, 0.2) is 8.32 Å². The Kier molecular flexibility index (Phi) is 7.73. The molecule has 0 saturated heterocycles. The standard InChI is InChI=1S/C15H22OSi.2ClH.Zr/c1-11-8-14-12(2)6-7-13(15(14)9-11)10-16-17(3,4)5;;;/h6-7,9H,8,10H2,1-5H3;2*1H;/q;;;+2/p-2. The Hall–Kier alpha value is 0.600. The normalized spacial score (nSPS) is 13.2. The summed E-state index contributed by atoms with van der Waals surface area (Å²) in [4.78, 5) is 0. The average Bonchev–Trinajstić information content (AvgIpc) is 2.71. The quantitative estimate of drug-likeness (QED) is 0.585. The molecule has 0 saturated carbocycles. The molecule has 0 aromatic heterocycles. The van der Waals surface area contributed by atoms with E-state index < -0.39 is 29.2 Å². The van der Waals surface area contributed by atoms with Crippen molar-refractivity contribution in [3.05, 3.63) is 40.0 Å². The van der Waals surface area contributed by atoms with E-state index >= 15 is 0 Å². The number of aryl methyl sites for hydroxylation is 1. The summed E-state index contributed by atoms with van der Waals surface area (Å²) < 4.78 is 6.03. The molecule has 1 aliphatic rings. The van der Waals surface area contributed by atoms with Gasteiger partial charge in [0.05, 0.1) is 6.61 Å². The van der Waals surface area contributed by atoms with Gasteiger partial charge in [0.25, 0.3) is 0 Å². The number of hydrogen-bond acceptors (Lipinski definition) is 1. The zero-order valence-electron chi connectivity index (χ0n) is 12.8. The molecule has 0 heterocycles. The molecular formula is C15H22Cl2OSiZr. The molecule has 1 nitrogen and oxygen atoms in total. The Balaban J connectivity index is 0.000000612. The third-order valence-corrected chi connectivity index (χ3v) is 4.20. The van der Waals surface area contributed by atoms with Crippen molar-refractivity contribution >= 4 is 31.4 Å². The third kappa shape index (κ3) is 5.77. The molecule has 0 amide bonds. The summed E-state index contributed by atoms with van der Waals surface area (Å²) in [5.41, 5.74) is 7.14. The predicted octanol–water partition coefficient (Wildman–Crippen LogP) is 5.68. The molecule has 20 heavy (non-hydrogen) atoms. The van der Waals surface area contributed by atoms with Gasteiger partial charge in [-0.3, -0.25) is 0 Å². The Morgan fingerprint density at radius 1 is 1.20 bits per heavy atom. The van der Waals surface area contributed by atoms with Crippen molar-refractivity contribution in [1.29, 1.82) is 0 Å². The SMILES string of the molecule is CC1=Cc2c(CO[Si](C)(C)C)ccc(C)c2C1.[Cl][Zr][Cl]. The van der Waals surface area contributed by atoms with Crippen LogP contribution in [0.1, 0.15) is 29.2 Å². The van der Waals surface area contributed by atoms with Crippen molar-refractivity contribution in [2.24, 2.45) is 0 Å². The summed E-state index contributed by atoms with van der Waals surface area (Å²) in [5, 5.41) is 0. The summed E-state index contributed by atoms with van der Waals surface area (Å²) in [6, 6.07) is 4.46. The first-order chi connectivity index (χ1) is 9.28. The van der Waals surface area contributed by atoms with Gasteiger partial charge in [-0.2, -0.15) is 0 Å². The molecular weight excluding hydrogens is 386 g/mol. The number of rotatable bonds is 3. The van der Waals surface area contributed by atoms with Crippen LogP contribution in [-0.2, 0) is 38.3 Å². The first-order valence-corrected chi connectivity index (χ1v) is 16.4. The van der Waals surface area contributed by atoms with E-state index in [9.17, 15) is 0 Å². The van der Waals surface area contributed by atoms with Crippen LogP contribution in [0, 0.1) is 6.92 Å². The molecule has 0 aliphatic heterocycles. The van der Waals surface area contributed by atoms with Crippen LogP contribution in [0.3, 0.4) is 0 Å². The average molecular weight is 409 g/mol. The molecule has 0 bridgehead atoms. The minimum absolute atomic E-state index is 0.766. The molecule has 1 aliphatic carbocycles. The fourth-order valence-electron chi connectivity index (χ4n) is 2.23. The maximum atomic E-state index is 6.03. The van der Waals surface area contributed by atoms with Gasteiger partial charge >= 0.3 is 37.9 Å². The van der Waals surface area contributed by atoms with Crippen molar-refractivity contribution in [2.45, 2.75) is 46.5 Å². The zero-order chi connectivity index (χ0) is 15.3. The number of fused-ring (bicyclic) bond motifs is 1. The molecule has 2 rings (SSSR count). The summed E-state index contributed by atoms with van der Waals surface area (Å²) in [7, 11) is 8.44. The van der Waals surface area contributed by atoms with E-state index in [0.29, 0.717) is 0 Å². The van der Waals surface area contributed by atoms with Crippen LogP contribution in [0.2, 0.25) is 19.6 Å². The van der Waals surface area contributed by atoms with E-state index in [1.54, 1.807) is 0 Å². The molecule has 0 fully saturated rings. The first-order valence-electron chi connectivity index (χ1n) is 6.67. The minimum atomic E-state index is -1.42. The van der Waals surface area contributed by atoms with E-state index in [2.05, 4.69) is 51.7 Å². The van der Waals surface area contributed by atoms with Gasteiger partial charge in [0.1, 0.15) is 0 Å². The van der Waals surface area contributed by atoms with E-state index in [1.165, 1.54) is 27.8 Å². The second kappa shape index (κ2) is 8.29. The van der Waals surface area contributed by atoms with Crippen molar-refractivity contribution in [3.8, 4) is 0 Å². The van der Waals surface area contributed by atoms with Crippen LogP contribution in [-0.4, -0.2) is 8.32 Å². The summed E-state index contributed by atoms with van der Waals surface area (Å²) in [6.45, 7) is 11.9. The van der Waals surface area contributed by atoms with Crippen LogP contribution in [0.4, 0.5) is 0 Å². The monoisotopic (exact) mass is 406 g/mol. The van der Waals surface area contributed by atoms with Crippen LogP contribution in [0.5, 0.6) is 0 Å². The maximum absolute atomic E-state index is 6.03. The Bertz CT molecular complexity index is 495. The Morgan fingerprint density at radius 2 is 1.80 bits per heavy atom. The van der Waals surface area contributed by atoms with Crippen LogP contribution >= 0.6 is 17.0 Å². The topological polar surface area (TPSA) is 9.23 Å². The number of benzene rings is 1. The van der Waals surface area contributed by atoms with Crippen molar-refractivity contribution in [3.63, 3.8) is 0 Å². The number of allylic oxidation sites excluding steroid dienone is 1. The van der Waals surface area contributed by atoms with Gasteiger partial charge < -0.3 is 4.43 Å². The molecule has 1 aromatic rings. The molecule has 0 unspecified atom stereocenters. The molecule has 5 heteroatoms. The van der Waals surface area contributed by atoms with Crippen LogP contribution < -0.4 is 0 Å². The summed E-state index contributed by atoms with van der Waals surface area (Å²) >= 11 is -0.826. The third-order valence-electron chi connectivity index (χ3n) is 3.19. The van der Waals surface area contributed by atoms with Crippen molar-refractivity contribution in [1.82, 2.24) is 0 Å². The second-order valence-electron chi connectivity index (χ2n) is 6.07. The molecule has 1 aromatic carbocycles. The predicted molar refractivity (Wildman–Crippen MR) is 88.4 cm³/mol. The molecule has 0 atom stereocenters. The number of halogens is 2. The molecule has 0 radical (unpaired) electrons. The van der Waals surface area contributed by atoms with Crippen LogP contribution in [0.15, 0.2) is 17.7 Å². The van der Waals surface area contributed by atoms with Crippen LogP contribution in [0.25, 0.3) is 6.08 Å². The fourth-order valence-corrected chi connectivity index (χ4v) is 2.82. The summed E-state index contributed by atoms with van der Waals surface area (Å²) in [5.74, 6) is 0. The zero-order valence-corrected chi connectivity index (χ0v) is 17.8. The van der Waals surface area contributed by atoms with Gasteiger partial charge in [-0.15, -0.1) is 0 Å². The first kappa shape index (κ1) is 18.6. The summed E-state index contributed by atoms with van der Waals surface area (Å²) in [6.07, 6.45) is 3.44. The van der Waals surface area contributed by atoms with Crippen molar-refractivity contribution in [2.75, 3.05) is 0 Å². The van der Waals surface area contributed by atoms with Gasteiger partial charge in [0.2, 0.25) is 0 Å². The van der Waals surface area contributed by atoms with E-state index in [0.717, 1.165) is 13.0 Å². The molecule has 0 N–H and O–H groups in total. The van der Waals surface area contributed by atoms with Gasteiger partial charge in [-0.25, -0.2) is 0 Å². The van der Waals surface area contributed by atoms with E-state index in [4.69, 9.17) is 21.5 Å². The number of hydrogen-bond donors (Lipinski definition) is 0. The fraction of sp³-hybridized carbons (Fsp3) is 0.467. The van der Waals surface area contributed by atoms with Gasteiger partial charge in [0, 0.05) is 0 Å². The Labute approximate surface area is 142 Å². The van der Waals surface area contributed by atoms with Gasteiger partial charge in [-0.1, -0.05) is 23.8 Å². The van der Waals surface area contributed by atoms with Crippen molar-refractivity contribution < 1.29 is 25.3 Å². The van der Waals surface area contributed by atoms with Gasteiger partial charge in [-0.05, 0) is 62.2 Å². The molecule has 0 spiro atoms. The Morgan fingerprint density at radius 3 is 2.35 bits per heavy atom. The second-order valence-corrected chi connectivity index (χ2v) is 14.3. The van der Waals surface area contributed by atoms with E-state index in [1.807, 2.05) is 0 Å². The van der Waals surface area contributed by atoms with E-state index in [-0.39, 0.29) is 0 Å². The molecule has 110 valence electrons.